The molecular weight excluding hydrogens is 314 g/mol. The van der Waals surface area contributed by atoms with Gasteiger partial charge in [-0.2, -0.15) is 0 Å². The number of aromatic amines is 1. The predicted molar refractivity (Wildman–Crippen MR) is 93.1 cm³/mol. The summed E-state index contributed by atoms with van der Waals surface area (Å²) in [6.45, 7) is 4.12. The third-order valence-electron chi connectivity index (χ3n) is 3.99. The summed E-state index contributed by atoms with van der Waals surface area (Å²) in [7, 11) is 0. The summed E-state index contributed by atoms with van der Waals surface area (Å²) >= 11 is 0. The average molecular weight is 334 g/mol. The first kappa shape index (κ1) is 17.2. The van der Waals surface area contributed by atoms with E-state index in [9.17, 15) is 9.59 Å². The van der Waals surface area contributed by atoms with Crippen LogP contribution in [0.25, 0.3) is 11.3 Å². The molecule has 0 saturated carbocycles. The van der Waals surface area contributed by atoms with E-state index >= 15 is 0 Å². The number of carbonyl (C=O) groups excluding carboxylic acids is 1. The molecule has 5 nitrogen and oxygen atoms in total. The molecule has 1 aliphatic rings. The molecule has 1 aliphatic heterocycles. The second-order valence-electron chi connectivity index (χ2n) is 5.53. The first-order valence-corrected chi connectivity index (χ1v) is 7.47. The highest BCUT2D eigenvalue weighted by atomic mass is 35.5. The Hall–Kier alpha value is -2.11. The minimum absolute atomic E-state index is 0. The molecular formula is C17H20ClN3O2. The van der Waals surface area contributed by atoms with Crippen molar-refractivity contribution >= 4 is 18.3 Å². The number of nitrogens with one attached hydrogen (secondary N) is 2. The summed E-state index contributed by atoms with van der Waals surface area (Å²) in [4.78, 5) is 29.4. The zero-order valence-electron chi connectivity index (χ0n) is 12.9. The van der Waals surface area contributed by atoms with Gasteiger partial charge >= 0.3 is 0 Å². The fourth-order valence-corrected chi connectivity index (χ4v) is 2.73. The fraction of sp³-hybridized carbons (Fsp3) is 0.294. The molecule has 0 spiro atoms. The van der Waals surface area contributed by atoms with Crippen LogP contribution in [0.1, 0.15) is 17.3 Å². The molecule has 0 radical (unpaired) electrons. The fourth-order valence-electron chi connectivity index (χ4n) is 2.73. The van der Waals surface area contributed by atoms with Crippen molar-refractivity contribution in [3.8, 4) is 11.3 Å². The summed E-state index contributed by atoms with van der Waals surface area (Å²) in [5.74, 6) is -0.199. The quantitative estimate of drug-likeness (QED) is 0.882. The maximum atomic E-state index is 12.6. The van der Waals surface area contributed by atoms with Crippen LogP contribution in [0.4, 0.5) is 0 Å². The normalized spacial score (nSPS) is 17.4. The minimum atomic E-state index is -0.336. The lowest BCUT2D eigenvalue weighted by molar-refractivity contribution is 0.0654. The van der Waals surface area contributed by atoms with Crippen molar-refractivity contribution < 1.29 is 4.79 Å². The number of H-pyrrole nitrogens is 1. The number of benzene rings is 1. The van der Waals surface area contributed by atoms with Crippen LogP contribution in [0.2, 0.25) is 0 Å². The Morgan fingerprint density at radius 3 is 2.57 bits per heavy atom. The molecule has 2 N–H and O–H groups in total. The van der Waals surface area contributed by atoms with Gasteiger partial charge in [-0.25, -0.2) is 0 Å². The number of carbonyl (C=O) groups is 1. The highest BCUT2D eigenvalue weighted by Crippen LogP contribution is 2.15. The highest BCUT2D eigenvalue weighted by Gasteiger charge is 2.25. The van der Waals surface area contributed by atoms with E-state index in [2.05, 4.69) is 10.3 Å². The van der Waals surface area contributed by atoms with Gasteiger partial charge in [0.25, 0.3) is 11.5 Å². The lowest BCUT2D eigenvalue weighted by Crippen LogP contribution is -2.53. The van der Waals surface area contributed by atoms with Crippen molar-refractivity contribution in [1.82, 2.24) is 15.2 Å². The van der Waals surface area contributed by atoms with E-state index in [1.54, 1.807) is 17.0 Å². The number of pyridine rings is 1. The van der Waals surface area contributed by atoms with Gasteiger partial charge in [0.2, 0.25) is 0 Å². The number of amides is 1. The van der Waals surface area contributed by atoms with Crippen molar-refractivity contribution in [2.24, 2.45) is 0 Å². The van der Waals surface area contributed by atoms with Crippen molar-refractivity contribution in [2.75, 3.05) is 19.6 Å². The first-order chi connectivity index (χ1) is 10.7. The maximum absolute atomic E-state index is 12.6. The SMILES string of the molecule is CC1CNCCN1C(=O)c1ccc(-c2ccccc2)[nH]c1=O.Cl. The van der Waals surface area contributed by atoms with Crippen LogP contribution in [0, 0.1) is 0 Å². The molecule has 122 valence electrons. The molecule has 6 heteroatoms. The summed E-state index contributed by atoms with van der Waals surface area (Å²) in [5.41, 5.74) is 1.51. The molecule has 0 aliphatic carbocycles. The Morgan fingerprint density at radius 2 is 1.91 bits per heavy atom. The van der Waals surface area contributed by atoms with Crippen molar-refractivity contribution in [3.05, 3.63) is 58.4 Å². The smallest absolute Gasteiger partial charge is 0.261 e. The van der Waals surface area contributed by atoms with Crippen LogP contribution in [-0.2, 0) is 0 Å². The third-order valence-corrected chi connectivity index (χ3v) is 3.99. The second kappa shape index (κ2) is 7.44. The lowest BCUT2D eigenvalue weighted by atomic mass is 10.1. The van der Waals surface area contributed by atoms with E-state index in [1.165, 1.54) is 0 Å². The summed E-state index contributed by atoms with van der Waals surface area (Å²) in [6.07, 6.45) is 0. The van der Waals surface area contributed by atoms with Gasteiger partial charge in [0, 0.05) is 31.4 Å². The summed E-state index contributed by atoms with van der Waals surface area (Å²) < 4.78 is 0. The molecule has 1 fully saturated rings. The van der Waals surface area contributed by atoms with Crippen molar-refractivity contribution in [1.29, 1.82) is 0 Å². The minimum Gasteiger partial charge on any atom is -0.333 e. The van der Waals surface area contributed by atoms with Gasteiger partial charge in [-0.3, -0.25) is 9.59 Å². The number of halogens is 1. The van der Waals surface area contributed by atoms with Crippen LogP contribution in [0.3, 0.4) is 0 Å². The van der Waals surface area contributed by atoms with Gasteiger partial charge in [0.1, 0.15) is 5.56 Å². The van der Waals surface area contributed by atoms with Crippen molar-refractivity contribution in [2.45, 2.75) is 13.0 Å². The summed E-state index contributed by atoms with van der Waals surface area (Å²) in [5, 5.41) is 3.24. The standard InChI is InChI=1S/C17H19N3O2.ClH/c1-12-11-18-9-10-20(12)17(22)14-7-8-15(19-16(14)21)13-5-3-2-4-6-13;/h2-8,12,18H,9-11H2,1H3,(H,19,21);1H. The number of hydrogen-bond donors (Lipinski definition) is 2. The molecule has 1 aromatic heterocycles. The number of hydrogen-bond acceptors (Lipinski definition) is 3. The second-order valence-corrected chi connectivity index (χ2v) is 5.53. The van der Waals surface area contributed by atoms with Crippen LogP contribution in [0.15, 0.2) is 47.3 Å². The summed E-state index contributed by atoms with van der Waals surface area (Å²) in [6, 6.07) is 13.1. The Morgan fingerprint density at radius 1 is 1.17 bits per heavy atom. The van der Waals surface area contributed by atoms with E-state index in [1.807, 2.05) is 37.3 Å². The zero-order valence-corrected chi connectivity index (χ0v) is 13.7. The monoisotopic (exact) mass is 333 g/mol. The molecule has 23 heavy (non-hydrogen) atoms. The van der Waals surface area contributed by atoms with E-state index in [0.717, 1.165) is 24.3 Å². The van der Waals surface area contributed by atoms with Gasteiger partial charge in [-0.15, -0.1) is 12.4 Å². The van der Waals surface area contributed by atoms with E-state index in [0.29, 0.717) is 6.54 Å². The van der Waals surface area contributed by atoms with E-state index < -0.39 is 0 Å². The van der Waals surface area contributed by atoms with Crippen LogP contribution in [-0.4, -0.2) is 41.5 Å². The van der Waals surface area contributed by atoms with Crippen LogP contribution in [0.5, 0.6) is 0 Å². The molecule has 1 saturated heterocycles. The Kier molecular flexibility index (Phi) is 5.58. The predicted octanol–water partition coefficient (Wildman–Crippen LogP) is 1.90. The highest BCUT2D eigenvalue weighted by molar-refractivity contribution is 5.94. The largest absolute Gasteiger partial charge is 0.333 e. The molecule has 1 aromatic carbocycles. The Labute approximate surface area is 141 Å². The third kappa shape index (κ3) is 3.63. The van der Waals surface area contributed by atoms with Crippen LogP contribution < -0.4 is 10.9 Å². The molecule has 1 amide bonds. The topological polar surface area (TPSA) is 65.2 Å². The molecule has 2 aromatic rings. The number of nitrogens with zero attached hydrogens (tertiary/aromatic N) is 1. The van der Waals surface area contributed by atoms with Gasteiger partial charge in [0.05, 0.1) is 0 Å². The Balaban J connectivity index is 0.00000192. The molecule has 1 unspecified atom stereocenters. The molecule has 2 heterocycles. The number of piperazine rings is 1. The maximum Gasteiger partial charge on any atom is 0.261 e. The lowest BCUT2D eigenvalue weighted by Gasteiger charge is -2.33. The molecule has 1 atom stereocenters. The molecule has 3 rings (SSSR count). The number of aromatic nitrogens is 1. The van der Waals surface area contributed by atoms with E-state index in [-0.39, 0.29) is 35.5 Å². The first-order valence-electron chi connectivity index (χ1n) is 7.47. The van der Waals surface area contributed by atoms with Gasteiger partial charge in [-0.05, 0) is 24.6 Å². The van der Waals surface area contributed by atoms with Gasteiger partial charge in [-0.1, -0.05) is 30.3 Å². The Bertz CT molecular complexity index is 730. The zero-order chi connectivity index (χ0) is 15.5. The molecule has 0 bridgehead atoms. The average Bonchev–Trinajstić information content (AvgIpc) is 2.55. The van der Waals surface area contributed by atoms with Crippen molar-refractivity contribution in [3.63, 3.8) is 0 Å². The van der Waals surface area contributed by atoms with Crippen LogP contribution >= 0.6 is 12.4 Å². The van der Waals surface area contributed by atoms with E-state index in [4.69, 9.17) is 0 Å². The number of rotatable bonds is 2. The van der Waals surface area contributed by atoms with Gasteiger partial charge in [0.15, 0.2) is 0 Å². The van der Waals surface area contributed by atoms with Gasteiger partial charge < -0.3 is 15.2 Å².